The van der Waals surface area contributed by atoms with Crippen molar-refractivity contribution in [2.75, 3.05) is 7.11 Å². The van der Waals surface area contributed by atoms with E-state index in [0.29, 0.717) is 11.1 Å². The molecule has 86 valence electrons. The van der Waals surface area contributed by atoms with E-state index in [9.17, 15) is 9.59 Å². The topological polar surface area (TPSA) is 83.8 Å². The molecule has 0 bridgehead atoms. The summed E-state index contributed by atoms with van der Waals surface area (Å²) in [5, 5.41) is 18.2. The van der Waals surface area contributed by atoms with Gasteiger partial charge in [-0.05, 0) is 17.7 Å². The molecule has 1 rings (SSSR count). The summed E-state index contributed by atoms with van der Waals surface area (Å²) in [5.41, 5.74) is 0.910. The molecule has 0 fully saturated rings. The third-order valence-corrected chi connectivity index (χ3v) is 2.24. The van der Waals surface area contributed by atoms with Gasteiger partial charge in [0, 0.05) is 11.1 Å². The third-order valence-electron chi connectivity index (χ3n) is 2.24. The number of aldehydes is 1. The molecule has 0 radical (unpaired) electrons. The zero-order valence-corrected chi connectivity index (χ0v) is 8.77. The van der Waals surface area contributed by atoms with Crippen LogP contribution in [0.5, 0.6) is 5.75 Å². The van der Waals surface area contributed by atoms with E-state index < -0.39 is 5.78 Å². The summed E-state index contributed by atoms with van der Waals surface area (Å²) in [7, 11) is 1.38. The van der Waals surface area contributed by atoms with Gasteiger partial charge in [0.1, 0.15) is 5.75 Å². The van der Waals surface area contributed by atoms with Crippen molar-refractivity contribution in [1.82, 2.24) is 0 Å². The number of hydrogen-bond acceptors (Lipinski definition) is 5. The molecule has 1 aromatic carbocycles. The van der Waals surface area contributed by atoms with Crippen molar-refractivity contribution in [2.45, 2.75) is 13.2 Å². The van der Waals surface area contributed by atoms with Gasteiger partial charge in [-0.1, -0.05) is 0 Å². The van der Waals surface area contributed by atoms with Crippen LogP contribution in [0.1, 0.15) is 21.5 Å². The number of hydrogen-bond donors (Lipinski definition) is 2. The lowest BCUT2D eigenvalue weighted by Gasteiger charge is -2.11. The lowest BCUT2D eigenvalue weighted by Crippen LogP contribution is -2.05. The number of ether oxygens (including phenoxy) is 1. The number of aliphatic hydroxyl groups is 2. The van der Waals surface area contributed by atoms with Gasteiger partial charge in [0.15, 0.2) is 6.29 Å². The van der Waals surface area contributed by atoms with Crippen molar-refractivity contribution in [2.24, 2.45) is 0 Å². The van der Waals surface area contributed by atoms with Gasteiger partial charge in [-0.25, -0.2) is 0 Å². The van der Waals surface area contributed by atoms with E-state index in [4.69, 9.17) is 14.9 Å². The Morgan fingerprint density at radius 1 is 1.38 bits per heavy atom. The van der Waals surface area contributed by atoms with Crippen molar-refractivity contribution >= 4 is 12.1 Å². The molecule has 0 saturated carbocycles. The predicted molar refractivity (Wildman–Crippen MR) is 55.2 cm³/mol. The van der Waals surface area contributed by atoms with Gasteiger partial charge in [-0.3, -0.25) is 9.59 Å². The molecule has 0 amide bonds. The molecule has 0 aliphatic carbocycles. The van der Waals surface area contributed by atoms with Crippen molar-refractivity contribution in [1.29, 1.82) is 0 Å². The summed E-state index contributed by atoms with van der Waals surface area (Å²) >= 11 is 0. The van der Waals surface area contributed by atoms with Crippen LogP contribution in [-0.4, -0.2) is 29.4 Å². The minimum absolute atomic E-state index is 0.133. The van der Waals surface area contributed by atoms with E-state index in [1.807, 2.05) is 0 Å². The Balaban J connectivity index is 3.36. The quantitative estimate of drug-likeness (QED) is 0.420. The van der Waals surface area contributed by atoms with Crippen LogP contribution >= 0.6 is 0 Å². The maximum absolute atomic E-state index is 11.2. The summed E-state index contributed by atoms with van der Waals surface area (Å²) in [4.78, 5) is 21.5. The minimum atomic E-state index is -0.697. The number of rotatable bonds is 5. The standard InChI is InChI=1S/C11H12O5/c1-16-11-3-7(10(15)6-14)2-8(4-12)9(11)5-13/h2-3,6,12-13H,4-5H2,1H3. The van der Waals surface area contributed by atoms with E-state index in [2.05, 4.69) is 0 Å². The molecular formula is C11H12O5. The van der Waals surface area contributed by atoms with E-state index in [0.717, 1.165) is 0 Å². The summed E-state index contributed by atoms with van der Waals surface area (Å²) in [5.74, 6) is -0.420. The van der Waals surface area contributed by atoms with Crippen molar-refractivity contribution in [3.05, 3.63) is 28.8 Å². The Hall–Kier alpha value is -1.72. The van der Waals surface area contributed by atoms with Crippen LogP contribution in [0.15, 0.2) is 12.1 Å². The summed E-state index contributed by atoms with van der Waals surface area (Å²) < 4.78 is 4.97. The monoisotopic (exact) mass is 224 g/mol. The first-order valence-corrected chi connectivity index (χ1v) is 4.59. The number of benzene rings is 1. The first kappa shape index (κ1) is 12.4. The highest BCUT2D eigenvalue weighted by Gasteiger charge is 2.13. The Labute approximate surface area is 92.3 Å². The molecule has 0 unspecified atom stereocenters. The zero-order chi connectivity index (χ0) is 12.1. The first-order valence-electron chi connectivity index (χ1n) is 4.59. The Morgan fingerprint density at radius 3 is 2.50 bits per heavy atom. The molecule has 0 aliphatic heterocycles. The fourth-order valence-electron chi connectivity index (χ4n) is 1.42. The van der Waals surface area contributed by atoms with Crippen LogP contribution in [0, 0.1) is 0 Å². The molecule has 0 atom stereocenters. The highest BCUT2D eigenvalue weighted by atomic mass is 16.5. The summed E-state index contributed by atoms with van der Waals surface area (Å²) in [6.45, 7) is -0.652. The minimum Gasteiger partial charge on any atom is -0.496 e. The van der Waals surface area contributed by atoms with Crippen molar-refractivity contribution in [3.63, 3.8) is 0 Å². The van der Waals surface area contributed by atoms with Gasteiger partial charge in [0.2, 0.25) is 5.78 Å². The van der Waals surface area contributed by atoms with Gasteiger partial charge in [-0.2, -0.15) is 0 Å². The lowest BCUT2D eigenvalue weighted by atomic mass is 10.0. The predicted octanol–water partition coefficient (Wildman–Crippen LogP) is 0.0614. The average molecular weight is 224 g/mol. The molecule has 0 saturated heterocycles. The molecule has 5 nitrogen and oxygen atoms in total. The average Bonchev–Trinajstić information content (AvgIpc) is 2.35. The SMILES string of the molecule is COc1cc(C(=O)C=O)cc(CO)c1CO. The number of aliphatic hydroxyl groups excluding tert-OH is 2. The van der Waals surface area contributed by atoms with E-state index in [1.54, 1.807) is 0 Å². The third kappa shape index (κ3) is 2.26. The number of carbonyl (C=O) groups is 2. The molecule has 1 aromatic rings. The second-order valence-electron chi connectivity index (χ2n) is 3.11. The molecule has 0 heterocycles. The Bertz CT molecular complexity index is 386. The van der Waals surface area contributed by atoms with Crippen LogP contribution < -0.4 is 4.74 Å². The largest absolute Gasteiger partial charge is 0.496 e. The highest BCUT2D eigenvalue weighted by molar-refractivity contribution is 6.33. The van der Waals surface area contributed by atoms with Crippen LogP contribution in [-0.2, 0) is 18.0 Å². The number of ketones is 1. The van der Waals surface area contributed by atoms with E-state index >= 15 is 0 Å². The highest BCUT2D eigenvalue weighted by Crippen LogP contribution is 2.25. The maximum Gasteiger partial charge on any atom is 0.225 e. The summed E-state index contributed by atoms with van der Waals surface area (Å²) in [6, 6.07) is 2.73. The molecular weight excluding hydrogens is 212 g/mol. The van der Waals surface area contributed by atoms with E-state index in [-0.39, 0.29) is 30.8 Å². The van der Waals surface area contributed by atoms with Gasteiger partial charge in [0.25, 0.3) is 0 Å². The van der Waals surface area contributed by atoms with Gasteiger partial charge in [-0.15, -0.1) is 0 Å². The number of Topliss-reactive ketones (excluding diaryl/α,β-unsaturated/α-hetero) is 1. The Kier molecular flexibility index (Phi) is 4.16. The van der Waals surface area contributed by atoms with E-state index in [1.165, 1.54) is 19.2 Å². The summed E-state index contributed by atoms with van der Waals surface area (Å²) in [6.07, 6.45) is 0.189. The zero-order valence-electron chi connectivity index (χ0n) is 8.77. The number of carbonyl (C=O) groups excluding carboxylic acids is 2. The fourth-order valence-corrected chi connectivity index (χ4v) is 1.42. The Morgan fingerprint density at radius 2 is 2.06 bits per heavy atom. The number of methoxy groups -OCH3 is 1. The van der Waals surface area contributed by atoms with Crippen molar-refractivity contribution in [3.8, 4) is 5.75 Å². The van der Waals surface area contributed by atoms with Crippen LogP contribution in [0.3, 0.4) is 0 Å². The van der Waals surface area contributed by atoms with Gasteiger partial charge in [0.05, 0.1) is 20.3 Å². The molecule has 0 spiro atoms. The normalized spacial score (nSPS) is 9.94. The smallest absolute Gasteiger partial charge is 0.225 e. The van der Waals surface area contributed by atoms with Crippen LogP contribution in [0.2, 0.25) is 0 Å². The molecule has 0 aromatic heterocycles. The lowest BCUT2D eigenvalue weighted by molar-refractivity contribution is -0.104. The van der Waals surface area contributed by atoms with Crippen LogP contribution in [0.25, 0.3) is 0 Å². The maximum atomic E-state index is 11.2. The molecule has 5 heteroatoms. The first-order chi connectivity index (χ1) is 7.67. The molecule has 16 heavy (non-hydrogen) atoms. The fraction of sp³-hybridized carbons (Fsp3) is 0.273. The second-order valence-corrected chi connectivity index (χ2v) is 3.11. The van der Waals surface area contributed by atoms with Gasteiger partial charge < -0.3 is 14.9 Å². The van der Waals surface area contributed by atoms with Crippen LogP contribution in [0.4, 0.5) is 0 Å². The molecule has 2 N–H and O–H groups in total. The van der Waals surface area contributed by atoms with Crippen molar-refractivity contribution < 1.29 is 24.5 Å². The van der Waals surface area contributed by atoms with Gasteiger partial charge >= 0.3 is 0 Å². The second kappa shape index (κ2) is 5.39. The molecule has 0 aliphatic rings.